The van der Waals surface area contributed by atoms with Crippen LogP contribution in [0, 0.1) is 0 Å². The first-order chi connectivity index (χ1) is 9.21. The molecule has 1 heterocycles. The minimum Gasteiger partial charge on any atom is -0.382 e. The van der Waals surface area contributed by atoms with Gasteiger partial charge in [-0.2, -0.15) is 13.2 Å². The second-order valence-electron chi connectivity index (χ2n) is 4.37. The van der Waals surface area contributed by atoms with Gasteiger partial charge in [-0.05, 0) is 18.2 Å². The Kier molecular flexibility index (Phi) is 3.43. The SMILES string of the molecule is CN1C(=O)c2ccc(NCC(O)C(F)(F)F)cc2C1=O. The average molecular weight is 288 g/mol. The first kappa shape index (κ1) is 14.3. The molecule has 2 rings (SSSR count). The summed E-state index contributed by atoms with van der Waals surface area (Å²) in [6, 6.07) is 4.04. The van der Waals surface area contributed by atoms with Crippen LogP contribution in [-0.2, 0) is 0 Å². The standard InChI is InChI=1S/C12H11F3N2O3/c1-17-10(19)7-3-2-6(4-8(7)11(17)20)16-5-9(18)12(13,14)15/h2-4,9,16,18H,5H2,1H3. The lowest BCUT2D eigenvalue weighted by Crippen LogP contribution is -2.35. The predicted octanol–water partition coefficient (Wildman–Crippen LogP) is 1.25. The summed E-state index contributed by atoms with van der Waals surface area (Å²) in [6.45, 7) is -0.736. The zero-order valence-corrected chi connectivity index (χ0v) is 10.4. The number of anilines is 1. The van der Waals surface area contributed by atoms with Crippen molar-refractivity contribution >= 4 is 17.5 Å². The number of alkyl halides is 3. The van der Waals surface area contributed by atoms with Crippen molar-refractivity contribution in [1.82, 2.24) is 4.90 Å². The van der Waals surface area contributed by atoms with E-state index in [1.165, 1.54) is 25.2 Å². The Hall–Kier alpha value is -2.09. The molecule has 8 heteroatoms. The van der Waals surface area contributed by atoms with E-state index >= 15 is 0 Å². The first-order valence-corrected chi connectivity index (χ1v) is 5.67. The maximum Gasteiger partial charge on any atom is 0.416 e. The highest BCUT2D eigenvalue weighted by molar-refractivity contribution is 6.21. The smallest absolute Gasteiger partial charge is 0.382 e. The molecular formula is C12H11F3N2O3. The third-order valence-electron chi connectivity index (χ3n) is 2.97. The van der Waals surface area contributed by atoms with Gasteiger partial charge in [0, 0.05) is 19.3 Å². The van der Waals surface area contributed by atoms with E-state index in [-0.39, 0.29) is 16.8 Å². The number of hydrogen-bond acceptors (Lipinski definition) is 4. The molecule has 2 N–H and O–H groups in total. The van der Waals surface area contributed by atoms with Crippen LogP contribution in [0.5, 0.6) is 0 Å². The highest BCUT2D eigenvalue weighted by Crippen LogP contribution is 2.25. The van der Waals surface area contributed by atoms with Crippen LogP contribution in [0.25, 0.3) is 0 Å². The lowest BCUT2D eigenvalue weighted by Gasteiger charge is -2.15. The molecular weight excluding hydrogens is 277 g/mol. The Balaban J connectivity index is 2.14. The van der Waals surface area contributed by atoms with Gasteiger partial charge in [-0.15, -0.1) is 0 Å². The Morgan fingerprint density at radius 1 is 1.25 bits per heavy atom. The fraction of sp³-hybridized carbons (Fsp3) is 0.333. The number of carbonyl (C=O) groups is 2. The Labute approximate surface area is 112 Å². The number of nitrogens with zero attached hydrogens (tertiary/aromatic N) is 1. The van der Waals surface area contributed by atoms with E-state index in [0.29, 0.717) is 0 Å². The van der Waals surface area contributed by atoms with Crippen molar-refractivity contribution in [1.29, 1.82) is 0 Å². The van der Waals surface area contributed by atoms with E-state index in [1.807, 2.05) is 0 Å². The quantitative estimate of drug-likeness (QED) is 0.821. The molecule has 5 nitrogen and oxygen atoms in total. The maximum atomic E-state index is 12.1. The molecule has 1 aromatic rings. The number of aliphatic hydroxyl groups is 1. The van der Waals surface area contributed by atoms with Crippen molar-refractivity contribution in [3.8, 4) is 0 Å². The molecule has 1 aromatic carbocycles. The first-order valence-electron chi connectivity index (χ1n) is 5.67. The van der Waals surface area contributed by atoms with Gasteiger partial charge in [-0.3, -0.25) is 14.5 Å². The van der Waals surface area contributed by atoms with Gasteiger partial charge in [0.1, 0.15) is 0 Å². The topological polar surface area (TPSA) is 69.6 Å². The summed E-state index contributed by atoms with van der Waals surface area (Å²) in [6.07, 6.45) is -7.22. The van der Waals surface area contributed by atoms with Crippen LogP contribution in [-0.4, -0.2) is 47.7 Å². The van der Waals surface area contributed by atoms with Crippen molar-refractivity contribution in [3.63, 3.8) is 0 Å². The number of carbonyl (C=O) groups excluding carboxylic acids is 2. The summed E-state index contributed by atoms with van der Waals surface area (Å²) >= 11 is 0. The fourth-order valence-corrected chi connectivity index (χ4v) is 1.80. The number of aliphatic hydroxyl groups excluding tert-OH is 1. The van der Waals surface area contributed by atoms with Crippen molar-refractivity contribution in [2.45, 2.75) is 12.3 Å². The van der Waals surface area contributed by atoms with Crippen molar-refractivity contribution in [2.24, 2.45) is 0 Å². The van der Waals surface area contributed by atoms with Crippen molar-refractivity contribution in [2.75, 3.05) is 18.9 Å². The van der Waals surface area contributed by atoms with E-state index in [0.717, 1.165) is 4.90 Å². The Bertz CT molecular complexity index is 572. The van der Waals surface area contributed by atoms with Crippen LogP contribution in [0.15, 0.2) is 18.2 Å². The second-order valence-corrected chi connectivity index (χ2v) is 4.37. The second kappa shape index (κ2) is 4.78. The van der Waals surface area contributed by atoms with Crippen LogP contribution in [0.4, 0.5) is 18.9 Å². The molecule has 0 spiro atoms. The van der Waals surface area contributed by atoms with Crippen LogP contribution < -0.4 is 5.32 Å². The molecule has 0 radical (unpaired) electrons. The molecule has 1 aliphatic heterocycles. The summed E-state index contributed by atoms with van der Waals surface area (Å²) in [5, 5.41) is 11.2. The van der Waals surface area contributed by atoms with Gasteiger partial charge in [0.15, 0.2) is 6.10 Å². The molecule has 2 amide bonds. The minimum absolute atomic E-state index is 0.129. The molecule has 0 fully saturated rings. The van der Waals surface area contributed by atoms with Crippen LogP contribution in [0.3, 0.4) is 0 Å². The molecule has 20 heavy (non-hydrogen) atoms. The molecule has 108 valence electrons. The van der Waals surface area contributed by atoms with Gasteiger partial charge in [-0.25, -0.2) is 0 Å². The van der Waals surface area contributed by atoms with Crippen molar-refractivity contribution < 1.29 is 27.9 Å². The zero-order valence-electron chi connectivity index (χ0n) is 10.4. The largest absolute Gasteiger partial charge is 0.416 e. The molecule has 0 saturated heterocycles. The van der Waals surface area contributed by atoms with Gasteiger partial charge >= 0.3 is 6.18 Å². The monoisotopic (exact) mass is 288 g/mol. The van der Waals surface area contributed by atoms with Crippen LogP contribution in [0.1, 0.15) is 20.7 Å². The van der Waals surface area contributed by atoms with E-state index in [1.54, 1.807) is 0 Å². The number of hydrogen-bond donors (Lipinski definition) is 2. The van der Waals surface area contributed by atoms with E-state index in [9.17, 15) is 22.8 Å². The Morgan fingerprint density at radius 2 is 1.85 bits per heavy atom. The van der Waals surface area contributed by atoms with Crippen molar-refractivity contribution in [3.05, 3.63) is 29.3 Å². The summed E-state index contributed by atoms with van der Waals surface area (Å²) in [5.74, 6) is -0.961. The number of nitrogens with one attached hydrogen (secondary N) is 1. The molecule has 0 aromatic heterocycles. The Morgan fingerprint density at radius 3 is 2.45 bits per heavy atom. The summed E-state index contributed by atoms with van der Waals surface area (Å²) in [5.41, 5.74) is 0.562. The molecule has 0 aliphatic carbocycles. The zero-order chi connectivity index (χ0) is 15.1. The third kappa shape index (κ3) is 2.46. The lowest BCUT2D eigenvalue weighted by atomic mass is 10.1. The lowest BCUT2D eigenvalue weighted by molar-refractivity contribution is -0.198. The van der Waals surface area contributed by atoms with Gasteiger partial charge in [-0.1, -0.05) is 0 Å². The number of imide groups is 1. The van der Waals surface area contributed by atoms with Gasteiger partial charge in [0.2, 0.25) is 0 Å². The molecule has 1 aliphatic rings. The molecule has 1 unspecified atom stereocenters. The highest BCUT2D eigenvalue weighted by Gasteiger charge is 2.38. The molecule has 1 atom stereocenters. The molecule has 0 bridgehead atoms. The normalized spacial score (nSPS) is 16.4. The van der Waals surface area contributed by atoms with Gasteiger partial charge in [0.05, 0.1) is 11.1 Å². The minimum atomic E-state index is -4.71. The number of benzene rings is 1. The summed E-state index contributed by atoms with van der Waals surface area (Å²) in [7, 11) is 1.32. The van der Waals surface area contributed by atoms with E-state index < -0.39 is 30.6 Å². The van der Waals surface area contributed by atoms with Gasteiger partial charge < -0.3 is 10.4 Å². The predicted molar refractivity (Wildman–Crippen MR) is 63.4 cm³/mol. The number of amides is 2. The van der Waals surface area contributed by atoms with Crippen LogP contribution >= 0.6 is 0 Å². The number of halogens is 3. The van der Waals surface area contributed by atoms with Gasteiger partial charge in [0.25, 0.3) is 11.8 Å². The van der Waals surface area contributed by atoms with E-state index in [2.05, 4.69) is 5.32 Å². The molecule has 0 saturated carbocycles. The average Bonchev–Trinajstić information content (AvgIpc) is 2.60. The van der Waals surface area contributed by atoms with Crippen LogP contribution in [0.2, 0.25) is 0 Å². The third-order valence-corrected chi connectivity index (χ3v) is 2.97. The fourth-order valence-electron chi connectivity index (χ4n) is 1.80. The highest BCUT2D eigenvalue weighted by atomic mass is 19.4. The maximum absolute atomic E-state index is 12.1. The summed E-state index contributed by atoms with van der Waals surface area (Å²) < 4.78 is 36.4. The number of rotatable bonds is 3. The number of fused-ring (bicyclic) bond motifs is 1. The van der Waals surface area contributed by atoms with E-state index in [4.69, 9.17) is 5.11 Å². The summed E-state index contributed by atoms with van der Waals surface area (Å²) in [4.78, 5) is 24.2.